The van der Waals surface area contributed by atoms with E-state index in [1.165, 1.54) is 0 Å². The molecule has 1 amide bonds. The molecule has 0 spiro atoms. The Morgan fingerprint density at radius 1 is 1.53 bits per heavy atom. The molecule has 0 saturated heterocycles. The van der Waals surface area contributed by atoms with Gasteiger partial charge in [-0.15, -0.1) is 0 Å². The molecule has 0 bridgehead atoms. The van der Waals surface area contributed by atoms with E-state index in [9.17, 15) is 4.79 Å². The molecule has 4 heteroatoms. The quantitative estimate of drug-likeness (QED) is 0.802. The van der Waals surface area contributed by atoms with Crippen molar-refractivity contribution in [1.82, 2.24) is 5.32 Å². The van der Waals surface area contributed by atoms with Crippen LogP contribution in [-0.2, 0) is 11.2 Å². The molecule has 0 unspecified atom stereocenters. The van der Waals surface area contributed by atoms with Crippen LogP contribution in [0.25, 0.3) is 0 Å². The second-order valence-electron chi connectivity index (χ2n) is 4.13. The Labute approximate surface area is 102 Å². The average molecular weight is 236 g/mol. The normalized spacial score (nSPS) is 12.0. The first-order valence-corrected chi connectivity index (χ1v) is 5.71. The van der Waals surface area contributed by atoms with Crippen molar-refractivity contribution in [3.05, 3.63) is 29.3 Å². The van der Waals surface area contributed by atoms with Crippen LogP contribution in [0.3, 0.4) is 0 Å². The number of amides is 1. The van der Waals surface area contributed by atoms with Crippen molar-refractivity contribution in [2.45, 2.75) is 26.3 Å². The Morgan fingerprint density at radius 3 is 2.82 bits per heavy atom. The highest BCUT2D eigenvalue weighted by Crippen LogP contribution is 2.18. The van der Waals surface area contributed by atoms with Crippen molar-refractivity contribution < 1.29 is 9.53 Å². The van der Waals surface area contributed by atoms with E-state index < -0.39 is 6.04 Å². The van der Waals surface area contributed by atoms with E-state index in [4.69, 9.17) is 10.5 Å². The number of ether oxygens (including phenoxy) is 1. The van der Waals surface area contributed by atoms with Gasteiger partial charge in [0.25, 0.3) is 0 Å². The van der Waals surface area contributed by atoms with Crippen molar-refractivity contribution in [3.63, 3.8) is 0 Å². The lowest BCUT2D eigenvalue weighted by molar-refractivity contribution is -0.121. The zero-order valence-corrected chi connectivity index (χ0v) is 10.6. The minimum atomic E-state index is -0.456. The van der Waals surface area contributed by atoms with Crippen molar-refractivity contribution in [3.8, 4) is 5.75 Å². The lowest BCUT2D eigenvalue weighted by Crippen LogP contribution is -2.39. The van der Waals surface area contributed by atoms with E-state index >= 15 is 0 Å². The summed E-state index contributed by atoms with van der Waals surface area (Å²) in [5.41, 5.74) is 7.69. The van der Waals surface area contributed by atoms with Gasteiger partial charge in [0.2, 0.25) is 5.91 Å². The number of nitrogens with one attached hydrogen (secondary N) is 1. The molecule has 0 fully saturated rings. The van der Waals surface area contributed by atoms with E-state index in [0.717, 1.165) is 23.3 Å². The molecule has 0 aliphatic heterocycles. The van der Waals surface area contributed by atoms with Crippen LogP contribution >= 0.6 is 0 Å². The summed E-state index contributed by atoms with van der Waals surface area (Å²) in [7, 11) is 1.66. The van der Waals surface area contributed by atoms with E-state index in [-0.39, 0.29) is 5.91 Å². The number of hydrogen-bond acceptors (Lipinski definition) is 3. The lowest BCUT2D eigenvalue weighted by atomic mass is 10.1. The van der Waals surface area contributed by atoms with E-state index in [1.807, 2.05) is 25.1 Å². The third kappa shape index (κ3) is 4.07. The molecule has 3 N–H and O–H groups in total. The molecule has 0 radical (unpaired) electrons. The molecule has 0 aliphatic rings. The summed E-state index contributed by atoms with van der Waals surface area (Å²) in [6, 6.07) is 5.59. The molecule has 1 rings (SSSR count). The number of carbonyl (C=O) groups excluding carboxylic acids is 1. The topological polar surface area (TPSA) is 64.3 Å². The van der Waals surface area contributed by atoms with Gasteiger partial charge in [0.05, 0.1) is 13.2 Å². The first-order chi connectivity index (χ1) is 8.04. The van der Waals surface area contributed by atoms with E-state index in [2.05, 4.69) is 5.32 Å². The molecule has 1 aromatic carbocycles. The number of rotatable bonds is 5. The standard InChI is InChI=1S/C13H20N2O2/c1-9-4-5-11(8-12(9)17-3)6-7-15-13(16)10(2)14/h4-5,8,10H,6-7,14H2,1-3H3,(H,15,16)/t10-/m1/s1. The maximum atomic E-state index is 11.2. The monoisotopic (exact) mass is 236 g/mol. The smallest absolute Gasteiger partial charge is 0.236 e. The summed E-state index contributed by atoms with van der Waals surface area (Å²) in [6.07, 6.45) is 0.773. The van der Waals surface area contributed by atoms with Crippen LogP contribution in [0.2, 0.25) is 0 Å². The zero-order chi connectivity index (χ0) is 12.8. The number of hydrogen-bond donors (Lipinski definition) is 2. The number of benzene rings is 1. The van der Waals surface area contributed by atoms with Crippen LogP contribution in [0.4, 0.5) is 0 Å². The van der Waals surface area contributed by atoms with Crippen molar-refractivity contribution >= 4 is 5.91 Å². The third-order valence-electron chi connectivity index (χ3n) is 2.60. The Bertz CT molecular complexity index is 389. The Morgan fingerprint density at radius 2 is 2.24 bits per heavy atom. The van der Waals surface area contributed by atoms with Gasteiger partial charge in [-0.2, -0.15) is 0 Å². The summed E-state index contributed by atoms with van der Waals surface area (Å²) < 4.78 is 5.24. The third-order valence-corrected chi connectivity index (χ3v) is 2.60. The molecular formula is C13H20N2O2. The number of aryl methyl sites for hydroxylation is 1. The maximum absolute atomic E-state index is 11.2. The van der Waals surface area contributed by atoms with Crippen molar-refractivity contribution in [1.29, 1.82) is 0 Å². The summed E-state index contributed by atoms with van der Waals surface area (Å²) in [5.74, 6) is 0.755. The largest absolute Gasteiger partial charge is 0.496 e. The van der Waals surface area contributed by atoms with Gasteiger partial charge in [-0.1, -0.05) is 12.1 Å². The number of carbonyl (C=O) groups is 1. The molecule has 0 aliphatic carbocycles. The van der Waals surface area contributed by atoms with Gasteiger partial charge in [0, 0.05) is 6.54 Å². The van der Waals surface area contributed by atoms with E-state index in [0.29, 0.717) is 6.54 Å². The number of nitrogens with two attached hydrogens (primary N) is 1. The second-order valence-corrected chi connectivity index (χ2v) is 4.13. The van der Waals surface area contributed by atoms with Gasteiger partial charge in [-0.05, 0) is 37.5 Å². The molecule has 4 nitrogen and oxygen atoms in total. The summed E-state index contributed by atoms with van der Waals surface area (Å²) in [6.45, 7) is 4.26. The summed E-state index contributed by atoms with van der Waals surface area (Å²) >= 11 is 0. The van der Waals surface area contributed by atoms with Crippen LogP contribution in [-0.4, -0.2) is 25.6 Å². The van der Waals surface area contributed by atoms with Gasteiger partial charge < -0.3 is 15.8 Å². The van der Waals surface area contributed by atoms with Gasteiger partial charge >= 0.3 is 0 Å². The fourth-order valence-corrected chi connectivity index (χ4v) is 1.51. The Balaban J connectivity index is 2.50. The van der Waals surface area contributed by atoms with Crippen molar-refractivity contribution in [2.24, 2.45) is 5.73 Å². The molecule has 1 atom stereocenters. The molecule has 0 aromatic heterocycles. The van der Waals surface area contributed by atoms with Crippen LogP contribution < -0.4 is 15.8 Å². The Hall–Kier alpha value is -1.55. The molecular weight excluding hydrogens is 216 g/mol. The lowest BCUT2D eigenvalue weighted by Gasteiger charge is -2.09. The fourth-order valence-electron chi connectivity index (χ4n) is 1.51. The van der Waals surface area contributed by atoms with Gasteiger partial charge in [0.15, 0.2) is 0 Å². The first-order valence-electron chi connectivity index (χ1n) is 5.71. The highest BCUT2D eigenvalue weighted by Gasteiger charge is 2.06. The fraction of sp³-hybridized carbons (Fsp3) is 0.462. The Kier molecular flexibility index (Phi) is 4.97. The zero-order valence-electron chi connectivity index (χ0n) is 10.6. The predicted octanol–water partition coefficient (Wildman–Crippen LogP) is 1.01. The van der Waals surface area contributed by atoms with Gasteiger partial charge in [0.1, 0.15) is 5.75 Å². The molecule has 17 heavy (non-hydrogen) atoms. The minimum absolute atomic E-state index is 0.121. The van der Waals surface area contributed by atoms with Gasteiger partial charge in [-0.3, -0.25) is 4.79 Å². The predicted molar refractivity (Wildman–Crippen MR) is 68.1 cm³/mol. The SMILES string of the molecule is COc1cc(CCNC(=O)[C@@H](C)N)ccc1C. The second kappa shape index (κ2) is 6.25. The van der Waals surface area contributed by atoms with Crippen molar-refractivity contribution in [2.75, 3.05) is 13.7 Å². The van der Waals surface area contributed by atoms with Crippen LogP contribution in [0.15, 0.2) is 18.2 Å². The van der Waals surface area contributed by atoms with E-state index in [1.54, 1.807) is 14.0 Å². The maximum Gasteiger partial charge on any atom is 0.236 e. The number of methoxy groups -OCH3 is 1. The summed E-state index contributed by atoms with van der Waals surface area (Å²) in [4.78, 5) is 11.2. The van der Waals surface area contributed by atoms with Crippen LogP contribution in [0.5, 0.6) is 5.75 Å². The minimum Gasteiger partial charge on any atom is -0.496 e. The molecule has 0 saturated carbocycles. The first kappa shape index (κ1) is 13.5. The molecule has 0 heterocycles. The summed E-state index contributed by atoms with van der Waals surface area (Å²) in [5, 5.41) is 2.78. The highest BCUT2D eigenvalue weighted by molar-refractivity contribution is 5.80. The average Bonchev–Trinajstić information content (AvgIpc) is 2.31. The molecule has 1 aromatic rings. The molecule has 94 valence electrons. The highest BCUT2D eigenvalue weighted by atomic mass is 16.5. The van der Waals surface area contributed by atoms with Crippen LogP contribution in [0.1, 0.15) is 18.1 Å². The van der Waals surface area contributed by atoms with Crippen LogP contribution in [0, 0.1) is 6.92 Å². The van der Waals surface area contributed by atoms with Gasteiger partial charge in [-0.25, -0.2) is 0 Å².